The highest BCUT2D eigenvalue weighted by atomic mass is 35.5. The Morgan fingerprint density at radius 2 is 2.09 bits per heavy atom. The third-order valence-electron chi connectivity index (χ3n) is 5.28. The van der Waals surface area contributed by atoms with Crippen LogP contribution in [0.4, 0.5) is 8.78 Å². The number of aromatic nitrogens is 2. The maximum absolute atomic E-state index is 13.9. The van der Waals surface area contributed by atoms with Crippen molar-refractivity contribution in [2.24, 2.45) is 5.73 Å². The van der Waals surface area contributed by atoms with Gasteiger partial charge in [-0.3, -0.25) is 4.79 Å². The SMILES string of the molecule is NC1=C(c2ncc(Cl)cn2)CN(C(=O)c2ccc(F)cc2OCC2/C(=C\F)N2CCO)C1. The molecule has 0 bridgehead atoms. The summed E-state index contributed by atoms with van der Waals surface area (Å²) in [5.74, 6) is -0.564. The quantitative estimate of drug-likeness (QED) is 0.605. The molecule has 1 atom stereocenters. The molecule has 1 unspecified atom stereocenters. The summed E-state index contributed by atoms with van der Waals surface area (Å²) in [5, 5.41) is 9.43. The van der Waals surface area contributed by atoms with Crippen LogP contribution < -0.4 is 10.5 Å². The van der Waals surface area contributed by atoms with Gasteiger partial charge in [0.15, 0.2) is 5.82 Å². The minimum Gasteiger partial charge on any atom is -0.490 e. The number of ether oxygens (including phenoxy) is 1. The fraction of sp³-hybridized carbons (Fsp3) is 0.286. The fourth-order valence-electron chi connectivity index (χ4n) is 3.61. The lowest BCUT2D eigenvalue weighted by Crippen LogP contribution is -2.30. The molecule has 1 aromatic heterocycles. The van der Waals surface area contributed by atoms with E-state index in [1.807, 2.05) is 0 Å². The van der Waals surface area contributed by atoms with Crippen molar-refractivity contribution in [1.29, 1.82) is 0 Å². The number of aliphatic hydroxyl groups is 1. The van der Waals surface area contributed by atoms with Crippen molar-refractivity contribution in [3.05, 3.63) is 70.5 Å². The Bertz CT molecular complexity index is 1090. The third-order valence-corrected chi connectivity index (χ3v) is 5.48. The monoisotopic (exact) mass is 463 g/mol. The van der Waals surface area contributed by atoms with E-state index in [2.05, 4.69) is 9.97 Å². The van der Waals surface area contributed by atoms with Gasteiger partial charge < -0.3 is 25.4 Å². The van der Waals surface area contributed by atoms with E-state index in [0.29, 0.717) is 34.1 Å². The van der Waals surface area contributed by atoms with E-state index in [1.165, 1.54) is 23.4 Å². The van der Waals surface area contributed by atoms with E-state index in [0.717, 1.165) is 12.1 Å². The van der Waals surface area contributed by atoms with Gasteiger partial charge in [0.25, 0.3) is 5.91 Å². The number of hydrogen-bond acceptors (Lipinski definition) is 7. The van der Waals surface area contributed by atoms with Crippen molar-refractivity contribution < 1.29 is 23.4 Å². The van der Waals surface area contributed by atoms with Gasteiger partial charge in [-0.15, -0.1) is 0 Å². The molecule has 8 nitrogen and oxygen atoms in total. The van der Waals surface area contributed by atoms with Crippen LogP contribution >= 0.6 is 11.6 Å². The summed E-state index contributed by atoms with van der Waals surface area (Å²) in [6.07, 6.45) is 3.33. The van der Waals surface area contributed by atoms with Crippen molar-refractivity contribution in [3.8, 4) is 5.75 Å². The van der Waals surface area contributed by atoms with Gasteiger partial charge in [0.05, 0.1) is 36.0 Å². The van der Waals surface area contributed by atoms with Crippen LogP contribution in [0.1, 0.15) is 16.2 Å². The molecular weight excluding hydrogens is 444 g/mol. The Labute approximate surface area is 187 Å². The minimum atomic E-state index is -0.574. The van der Waals surface area contributed by atoms with Crippen molar-refractivity contribution >= 4 is 23.1 Å². The van der Waals surface area contributed by atoms with Gasteiger partial charge in [-0.2, -0.15) is 0 Å². The lowest BCUT2D eigenvalue weighted by Gasteiger charge is -2.19. The number of rotatable bonds is 7. The molecule has 0 aliphatic carbocycles. The topological polar surface area (TPSA) is 105 Å². The highest BCUT2D eigenvalue weighted by Gasteiger charge is 2.41. The molecule has 2 aromatic rings. The molecule has 0 radical (unpaired) electrons. The van der Waals surface area contributed by atoms with E-state index in [1.54, 1.807) is 4.90 Å². The second kappa shape index (κ2) is 9.09. The first-order valence-corrected chi connectivity index (χ1v) is 10.2. The number of amides is 1. The van der Waals surface area contributed by atoms with E-state index in [-0.39, 0.29) is 50.2 Å². The molecule has 0 saturated carbocycles. The number of carbonyl (C=O) groups is 1. The number of benzene rings is 1. The number of nitrogens with zero attached hydrogens (tertiary/aromatic N) is 4. The van der Waals surface area contributed by atoms with Crippen LogP contribution in [0, 0.1) is 5.82 Å². The van der Waals surface area contributed by atoms with Crippen LogP contribution in [0.2, 0.25) is 5.02 Å². The average molecular weight is 464 g/mol. The molecule has 4 rings (SSSR count). The lowest BCUT2D eigenvalue weighted by molar-refractivity contribution is 0.0794. The summed E-state index contributed by atoms with van der Waals surface area (Å²) in [4.78, 5) is 24.6. The summed E-state index contributed by atoms with van der Waals surface area (Å²) >= 11 is 5.82. The smallest absolute Gasteiger partial charge is 0.258 e. The molecule has 1 saturated heterocycles. The van der Waals surface area contributed by atoms with Gasteiger partial charge in [-0.25, -0.2) is 18.7 Å². The lowest BCUT2D eigenvalue weighted by atomic mass is 10.1. The van der Waals surface area contributed by atoms with Crippen LogP contribution in [0.15, 0.2) is 48.3 Å². The third kappa shape index (κ3) is 4.37. The summed E-state index contributed by atoms with van der Waals surface area (Å²) in [7, 11) is 0. The summed E-state index contributed by atoms with van der Waals surface area (Å²) in [6, 6.07) is 3.24. The Morgan fingerprint density at radius 3 is 2.78 bits per heavy atom. The number of β-amino-alcohol motifs (C(OH)–C–C–N with tert-alkyl or cyclic N) is 1. The molecule has 0 spiro atoms. The highest BCUT2D eigenvalue weighted by molar-refractivity contribution is 6.30. The predicted molar refractivity (Wildman–Crippen MR) is 113 cm³/mol. The fourth-order valence-corrected chi connectivity index (χ4v) is 3.71. The largest absolute Gasteiger partial charge is 0.490 e. The van der Waals surface area contributed by atoms with E-state index in [4.69, 9.17) is 27.2 Å². The second-order valence-corrected chi connectivity index (χ2v) is 7.74. The van der Waals surface area contributed by atoms with Crippen LogP contribution in [-0.4, -0.2) is 69.7 Å². The molecule has 168 valence electrons. The molecule has 3 heterocycles. The Morgan fingerprint density at radius 1 is 1.34 bits per heavy atom. The van der Waals surface area contributed by atoms with Crippen molar-refractivity contribution in [2.75, 3.05) is 32.8 Å². The Balaban J connectivity index is 1.48. The molecule has 1 fully saturated rings. The predicted octanol–water partition coefficient (Wildman–Crippen LogP) is 1.96. The number of carbonyl (C=O) groups excluding carboxylic acids is 1. The molecule has 11 heteroatoms. The molecular formula is C21H20ClF2N5O3. The first-order valence-electron chi connectivity index (χ1n) is 9.77. The summed E-state index contributed by atoms with van der Waals surface area (Å²) in [5.41, 5.74) is 7.70. The number of hydrogen-bond donors (Lipinski definition) is 2. The Kier molecular flexibility index (Phi) is 6.24. The van der Waals surface area contributed by atoms with Gasteiger partial charge in [-0.05, 0) is 12.1 Å². The average Bonchev–Trinajstić information content (AvgIpc) is 3.31. The van der Waals surface area contributed by atoms with Crippen LogP contribution in [0.5, 0.6) is 5.75 Å². The first kappa shape index (κ1) is 22.0. The maximum atomic E-state index is 13.9. The normalized spacial score (nSPS) is 19.1. The summed E-state index contributed by atoms with van der Waals surface area (Å²) in [6.45, 7) is 0.445. The van der Waals surface area contributed by atoms with Gasteiger partial charge in [0.2, 0.25) is 0 Å². The Hall–Kier alpha value is -3.24. The van der Waals surface area contributed by atoms with E-state index < -0.39 is 11.7 Å². The molecule has 32 heavy (non-hydrogen) atoms. The molecule has 3 N–H and O–H groups in total. The van der Waals surface area contributed by atoms with Crippen molar-refractivity contribution in [3.63, 3.8) is 0 Å². The second-order valence-electron chi connectivity index (χ2n) is 7.31. The number of nitrogens with two attached hydrogens (primary N) is 1. The van der Waals surface area contributed by atoms with Crippen LogP contribution in [0.25, 0.3) is 5.57 Å². The summed E-state index contributed by atoms with van der Waals surface area (Å²) < 4.78 is 32.5. The highest BCUT2D eigenvalue weighted by Crippen LogP contribution is 2.34. The molecule has 1 aromatic carbocycles. The first-order chi connectivity index (χ1) is 15.4. The number of halogens is 3. The van der Waals surface area contributed by atoms with Gasteiger partial charge in [-0.1, -0.05) is 11.6 Å². The number of aliphatic hydroxyl groups excluding tert-OH is 1. The molecule has 1 amide bonds. The van der Waals surface area contributed by atoms with Crippen LogP contribution in [0.3, 0.4) is 0 Å². The minimum absolute atomic E-state index is 0.00371. The van der Waals surface area contributed by atoms with Crippen molar-refractivity contribution in [1.82, 2.24) is 19.8 Å². The van der Waals surface area contributed by atoms with Gasteiger partial charge >= 0.3 is 0 Å². The molecule has 2 aliphatic rings. The van der Waals surface area contributed by atoms with Crippen LogP contribution in [-0.2, 0) is 0 Å². The van der Waals surface area contributed by atoms with E-state index >= 15 is 0 Å². The zero-order valence-corrected chi connectivity index (χ0v) is 17.6. The van der Waals surface area contributed by atoms with Gasteiger partial charge in [0.1, 0.15) is 30.5 Å². The van der Waals surface area contributed by atoms with Crippen molar-refractivity contribution in [2.45, 2.75) is 6.04 Å². The molecule has 2 aliphatic heterocycles. The van der Waals surface area contributed by atoms with E-state index in [9.17, 15) is 13.6 Å². The standard InChI is InChI=1S/C21H20ClF2N5O3/c22-12-7-26-20(27-8-12)15-9-28(10-16(15)25)21(31)14-2-1-13(24)5-19(14)32-11-18-17(6-23)29(18)3-4-30/h1-2,5-8,18,30H,3-4,9-11,25H2/b17-6+. The zero-order valence-electron chi connectivity index (χ0n) is 16.8. The zero-order chi connectivity index (χ0) is 22.8. The van der Waals surface area contributed by atoms with Gasteiger partial charge in [0, 0.05) is 36.3 Å². The maximum Gasteiger partial charge on any atom is 0.258 e.